The van der Waals surface area contributed by atoms with E-state index in [9.17, 15) is 5.11 Å². The molecule has 128 valence electrons. The number of phenols is 1. The molecule has 1 aromatic carbocycles. The molecule has 1 aromatic rings. The van der Waals surface area contributed by atoms with Crippen molar-refractivity contribution >= 4 is 6.21 Å². The van der Waals surface area contributed by atoms with Crippen LogP contribution in [0.5, 0.6) is 5.75 Å². The topological polar surface area (TPSA) is 51.0 Å². The smallest absolute Gasteiger partial charge is 0.177 e. The summed E-state index contributed by atoms with van der Waals surface area (Å²) < 4.78 is 10.8. The van der Waals surface area contributed by atoms with Crippen molar-refractivity contribution in [2.24, 2.45) is 4.99 Å². The number of nitrogens with zero attached hydrogens (tertiary/aromatic N) is 1. The lowest BCUT2D eigenvalue weighted by Gasteiger charge is -2.27. The summed E-state index contributed by atoms with van der Waals surface area (Å²) in [6.45, 7) is 14.5. The second-order valence-electron chi connectivity index (χ2n) is 8.13. The number of hydrogen-bond acceptors (Lipinski definition) is 4. The van der Waals surface area contributed by atoms with Gasteiger partial charge in [-0.25, -0.2) is 0 Å². The first kappa shape index (κ1) is 18.0. The number of aliphatic imine (C=N–C) groups is 1. The molecule has 1 heterocycles. The molecule has 0 bridgehead atoms. The van der Waals surface area contributed by atoms with E-state index >= 15 is 0 Å². The predicted octanol–water partition coefficient (Wildman–Crippen LogP) is 3.78. The van der Waals surface area contributed by atoms with Gasteiger partial charge in [0, 0.05) is 17.3 Å². The fraction of sp³-hybridized carbons (Fsp3) is 0.632. The lowest BCUT2D eigenvalue weighted by atomic mass is 9.79. The molecule has 0 radical (unpaired) electrons. The van der Waals surface area contributed by atoms with Crippen LogP contribution >= 0.6 is 0 Å². The van der Waals surface area contributed by atoms with Gasteiger partial charge in [-0.1, -0.05) is 47.6 Å². The Hall–Kier alpha value is -1.39. The molecule has 0 unspecified atom stereocenters. The van der Waals surface area contributed by atoms with Crippen LogP contribution in [0.1, 0.15) is 58.2 Å². The highest BCUT2D eigenvalue weighted by molar-refractivity contribution is 5.85. The van der Waals surface area contributed by atoms with Gasteiger partial charge in [-0.3, -0.25) is 4.99 Å². The molecule has 2 rings (SSSR count). The lowest BCUT2D eigenvalue weighted by Crippen LogP contribution is -2.17. The van der Waals surface area contributed by atoms with Crippen molar-refractivity contribution < 1.29 is 14.6 Å². The summed E-state index contributed by atoms with van der Waals surface area (Å²) in [6, 6.07) is 4.13. The van der Waals surface area contributed by atoms with Crippen molar-refractivity contribution in [3.8, 4) is 5.75 Å². The van der Waals surface area contributed by atoms with Crippen molar-refractivity contribution in [1.82, 2.24) is 0 Å². The molecule has 0 saturated carbocycles. The number of rotatable bonds is 3. The summed E-state index contributed by atoms with van der Waals surface area (Å²) in [4.78, 5) is 4.40. The molecule has 4 heteroatoms. The van der Waals surface area contributed by atoms with Gasteiger partial charge in [0.15, 0.2) is 6.29 Å². The summed E-state index contributed by atoms with van der Waals surface area (Å²) in [5, 5.41) is 10.7. The Bertz CT molecular complexity index is 574. The van der Waals surface area contributed by atoms with Crippen LogP contribution in [0.25, 0.3) is 0 Å². The van der Waals surface area contributed by atoms with Gasteiger partial charge >= 0.3 is 0 Å². The molecule has 4 nitrogen and oxygen atoms in total. The summed E-state index contributed by atoms with van der Waals surface area (Å²) in [7, 11) is 0. The molecule has 23 heavy (non-hydrogen) atoms. The van der Waals surface area contributed by atoms with Gasteiger partial charge < -0.3 is 14.6 Å². The minimum Gasteiger partial charge on any atom is -0.507 e. The molecular formula is C19H29NO3. The fourth-order valence-electron chi connectivity index (χ4n) is 2.51. The third-order valence-corrected chi connectivity index (χ3v) is 3.99. The SMILES string of the molecule is CC(C)(C)c1cc(C=NCC2OCCO2)c(O)c(C(C)(C)C)c1. The Morgan fingerprint density at radius 1 is 1.09 bits per heavy atom. The monoisotopic (exact) mass is 319 g/mol. The Morgan fingerprint density at radius 2 is 1.70 bits per heavy atom. The Kier molecular flexibility index (Phi) is 5.17. The minimum absolute atomic E-state index is 0.00790. The molecule has 0 atom stereocenters. The average molecular weight is 319 g/mol. The van der Waals surface area contributed by atoms with Crippen LogP contribution in [-0.4, -0.2) is 37.4 Å². The quantitative estimate of drug-likeness (QED) is 0.863. The summed E-state index contributed by atoms with van der Waals surface area (Å²) in [6.07, 6.45) is 1.46. The van der Waals surface area contributed by atoms with Crippen LogP contribution in [0.15, 0.2) is 17.1 Å². The zero-order valence-electron chi connectivity index (χ0n) is 15.1. The van der Waals surface area contributed by atoms with Crippen molar-refractivity contribution in [1.29, 1.82) is 0 Å². The zero-order chi connectivity index (χ0) is 17.3. The Balaban J connectivity index is 2.34. The molecule has 1 fully saturated rings. The lowest BCUT2D eigenvalue weighted by molar-refractivity contribution is -0.0325. The molecule has 1 aliphatic heterocycles. The first-order valence-corrected chi connectivity index (χ1v) is 8.20. The van der Waals surface area contributed by atoms with E-state index in [1.54, 1.807) is 6.21 Å². The van der Waals surface area contributed by atoms with Gasteiger partial charge in [0.25, 0.3) is 0 Å². The van der Waals surface area contributed by atoms with E-state index in [2.05, 4.69) is 52.6 Å². The van der Waals surface area contributed by atoms with E-state index in [4.69, 9.17) is 9.47 Å². The van der Waals surface area contributed by atoms with Gasteiger partial charge in [-0.2, -0.15) is 0 Å². The molecule has 1 saturated heterocycles. The van der Waals surface area contributed by atoms with Gasteiger partial charge in [0.05, 0.1) is 19.8 Å². The van der Waals surface area contributed by atoms with Crippen LogP contribution in [0, 0.1) is 0 Å². The molecule has 1 N–H and O–H groups in total. The summed E-state index contributed by atoms with van der Waals surface area (Å²) >= 11 is 0. The molecule has 1 aliphatic rings. The third-order valence-electron chi connectivity index (χ3n) is 3.99. The molecule has 0 amide bonds. The Morgan fingerprint density at radius 3 is 2.22 bits per heavy atom. The average Bonchev–Trinajstić information content (AvgIpc) is 2.91. The second-order valence-corrected chi connectivity index (χ2v) is 8.13. The van der Waals surface area contributed by atoms with E-state index in [1.807, 2.05) is 6.07 Å². The standard InChI is InChI=1S/C19H29NO3/c1-18(2,3)14-9-13(11-20-12-16-22-7-8-23-16)17(21)15(10-14)19(4,5)6/h9-11,16,21H,7-8,12H2,1-6H3. The van der Waals surface area contributed by atoms with E-state index in [-0.39, 0.29) is 17.1 Å². The first-order valence-electron chi connectivity index (χ1n) is 8.20. The largest absolute Gasteiger partial charge is 0.507 e. The second kappa shape index (κ2) is 6.62. The molecular weight excluding hydrogens is 290 g/mol. The molecule has 0 spiro atoms. The van der Waals surface area contributed by atoms with Gasteiger partial charge in [-0.05, 0) is 22.5 Å². The van der Waals surface area contributed by atoms with E-state index < -0.39 is 0 Å². The number of aromatic hydroxyl groups is 1. The van der Waals surface area contributed by atoms with E-state index in [1.165, 1.54) is 5.56 Å². The highest BCUT2D eigenvalue weighted by Gasteiger charge is 2.24. The fourth-order valence-corrected chi connectivity index (χ4v) is 2.51. The summed E-state index contributed by atoms with van der Waals surface area (Å²) in [5.41, 5.74) is 2.76. The molecule has 0 aromatic heterocycles. The maximum absolute atomic E-state index is 10.7. The third kappa shape index (κ3) is 4.55. The van der Waals surface area contributed by atoms with Crippen LogP contribution in [0.4, 0.5) is 0 Å². The van der Waals surface area contributed by atoms with Crippen molar-refractivity contribution in [3.05, 3.63) is 28.8 Å². The first-order chi connectivity index (χ1) is 10.6. The zero-order valence-corrected chi connectivity index (χ0v) is 15.1. The highest BCUT2D eigenvalue weighted by atomic mass is 16.7. The van der Waals surface area contributed by atoms with Crippen LogP contribution in [0.3, 0.4) is 0 Å². The number of phenolic OH excluding ortho intramolecular Hbond substituents is 1. The van der Waals surface area contributed by atoms with E-state index in [0.717, 1.165) is 11.1 Å². The van der Waals surface area contributed by atoms with Crippen molar-refractivity contribution in [2.75, 3.05) is 19.8 Å². The minimum atomic E-state index is -0.263. The number of hydrogen-bond donors (Lipinski definition) is 1. The van der Waals surface area contributed by atoms with Crippen LogP contribution in [0.2, 0.25) is 0 Å². The Labute approximate surface area is 139 Å². The maximum atomic E-state index is 10.7. The van der Waals surface area contributed by atoms with Crippen LogP contribution in [-0.2, 0) is 20.3 Å². The summed E-state index contributed by atoms with van der Waals surface area (Å²) in [5.74, 6) is 0.308. The van der Waals surface area contributed by atoms with Crippen molar-refractivity contribution in [2.45, 2.75) is 58.7 Å². The van der Waals surface area contributed by atoms with Crippen molar-refractivity contribution in [3.63, 3.8) is 0 Å². The van der Waals surface area contributed by atoms with E-state index in [0.29, 0.717) is 25.5 Å². The number of ether oxygens (including phenoxy) is 2. The highest BCUT2D eigenvalue weighted by Crippen LogP contribution is 2.37. The number of benzene rings is 1. The maximum Gasteiger partial charge on any atom is 0.177 e. The molecule has 0 aliphatic carbocycles. The van der Waals surface area contributed by atoms with Crippen LogP contribution < -0.4 is 0 Å². The normalized spacial score (nSPS) is 17.3. The van der Waals surface area contributed by atoms with Gasteiger partial charge in [-0.15, -0.1) is 0 Å². The van der Waals surface area contributed by atoms with Gasteiger partial charge in [0.2, 0.25) is 0 Å². The van der Waals surface area contributed by atoms with Gasteiger partial charge in [0.1, 0.15) is 5.75 Å². The predicted molar refractivity (Wildman–Crippen MR) is 93.7 cm³/mol.